The quantitative estimate of drug-likeness (QED) is 0.0714. The maximum atomic E-state index is 10.2. The van der Waals surface area contributed by atoms with Crippen molar-refractivity contribution < 1.29 is 126 Å². The summed E-state index contributed by atoms with van der Waals surface area (Å²) in [6.45, 7) is 8.39. The van der Waals surface area contributed by atoms with E-state index in [2.05, 4.69) is 25.0 Å². The Morgan fingerprint density at radius 3 is 1.09 bits per heavy atom. The molecule has 0 amide bonds. The number of unbranched alkanes of at least 4 members (excludes halogenated alkanes) is 16. The van der Waals surface area contributed by atoms with Gasteiger partial charge in [0, 0.05) is 0 Å². The average Bonchev–Trinajstić information content (AvgIpc) is 2.67. The molecule has 0 aromatic carbocycles. The molecular formula is C22H51Na3O8S2. The molecule has 0 heterocycles. The number of hydrogen-bond donors (Lipinski definition) is 3. The van der Waals surface area contributed by atoms with E-state index in [4.69, 9.17) is 22.1 Å². The molecule has 0 saturated heterocycles. The van der Waals surface area contributed by atoms with Gasteiger partial charge in [0.2, 0.25) is 0 Å². The van der Waals surface area contributed by atoms with E-state index < -0.39 is 20.8 Å². The summed E-state index contributed by atoms with van der Waals surface area (Å²) in [5.41, 5.74) is 0. The first-order valence-corrected chi connectivity index (χ1v) is 14.8. The first-order valence-electron chi connectivity index (χ1n) is 12.1. The normalized spacial score (nSPS) is 10.3. The van der Waals surface area contributed by atoms with Gasteiger partial charge in [-0.15, -0.1) is 0 Å². The summed E-state index contributed by atoms with van der Waals surface area (Å²) in [7, 11) is -8.90. The van der Waals surface area contributed by atoms with Crippen LogP contribution >= 0.6 is 0 Å². The third-order valence-electron chi connectivity index (χ3n) is 4.58. The molecule has 0 rings (SSSR count). The smallest absolute Gasteiger partial charge is 1.00 e. The Kier molecular flexibility index (Phi) is 56.2. The fourth-order valence-electron chi connectivity index (χ4n) is 2.89. The van der Waals surface area contributed by atoms with Crippen LogP contribution in [0.25, 0.3) is 0 Å². The Morgan fingerprint density at radius 2 is 0.829 bits per heavy atom. The van der Waals surface area contributed by atoms with Gasteiger partial charge in [-0.3, -0.25) is 13.7 Å². The van der Waals surface area contributed by atoms with Crippen LogP contribution in [0.4, 0.5) is 0 Å². The molecule has 0 aromatic rings. The molecule has 0 fully saturated rings. The van der Waals surface area contributed by atoms with Crippen molar-refractivity contribution >= 4 is 20.8 Å². The van der Waals surface area contributed by atoms with E-state index in [1.165, 1.54) is 89.9 Å². The summed E-state index contributed by atoms with van der Waals surface area (Å²) in [6, 6.07) is 0. The van der Waals surface area contributed by atoms with Crippen LogP contribution in [0.2, 0.25) is 0 Å². The molecule has 0 aliphatic heterocycles. The number of rotatable bonds is 19. The van der Waals surface area contributed by atoms with Crippen LogP contribution in [0.15, 0.2) is 0 Å². The second-order valence-corrected chi connectivity index (χ2v) is 9.84. The first-order chi connectivity index (χ1) is 15.0. The molecule has 13 heteroatoms. The topological polar surface area (TPSA) is 138 Å². The van der Waals surface area contributed by atoms with Crippen molar-refractivity contribution in [3.8, 4) is 0 Å². The predicted octanol–water partition coefficient (Wildman–Crippen LogP) is -1.73. The van der Waals surface area contributed by atoms with Crippen LogP contribution in [-0.4, -0.2) is 37.1 Å². The molecule has 0 bridgehead atoms. The van der Waals surface area contributed by atoms with E-state index in [-0.39, 0.29) is 98.1 Å². The van der Waals surface area contributed by atoms with Gasteiger partial charge >= 0.3 is 109 Å². The number of hydrogen-bond acceptors (Lipinski definition) is 5. The van der Waals surface area contributed by atoms with E-state index in [1.807, 2.05) is 0 Å². The van der Waals surface area contributed by atoms with Crippen LogP contribution in [0, 0.1) is 6.92 Å². The Labute approximate surface area is 286 Å². The molecule has 3 N–H and O–H groups in total. The van der Waals surface area contributed by atoms with Crippen LogP contribution in [-0.2, 0) is 25.0 Å². The van der Waals surface area contributed by atoms with E-state index >= 15 is 0 Å². The molecule has 0 aromatic heterocycles. The maximum Gasteiger partial charge on any atom is 1.00 e. The van der Waals surface area contributed by atoms with Gasteiger partial charge < -0.3 is 9.78 Å². The maximum absolute atomic E-state index is 10.2. The van der Waals surface area contributed by atoms with Gasteiger partial charge in [0.25, 0.3) is 0 Å². The van der Waals surface area contributed by atoms with Crippen molar-refractivity contribution in [1.29, 1.82) is 0 Å². The van der Waals surface area contributed by atoms with E-state index in [9.17, 15) is 8.42 Å². The van der Waals surface area contributed by atoms with E-state index in [0.717, 1.165) is 19.3 Å². The molecule has 0 spiro atoms. The summed E-state index contributed by atoms with van der Waals surface area (Å²) < 4.78 is 64.4. The van der Waals surface area contributed by atoms with Crippen molar-refractivity contribution in [3.63, 3.8) is 0 Å². The van der Waals surface area contributed by atoms with Crippen molar-refractivity contribution in [2.75, 3.05) is 6.61 Å². The van der Waals surface area contributed by atoms with Crippen LogP contribution in [0.1, 0.15) is 132 Å². The minimum Gasteiger partial charge on any atom is -1.00 e. The second-order valence-electron chi connectivity index (χ2n) is 7.85. The minimum atomic E-state index is -4.67. The summed E-state index contributed by atoms with van der Waals surface area (Å²) in [5, 5.41) is 0. The molecule has 35 heavy (non-hydrogen) atoms. The van der Waals surface area contributed by atoms with Crippen molar-refractivity contribution in [3.05, 3.63) is 6.92 Å². The molecule has 0 unspecified atom stereocenters. The third-order valence-corrected chi connectivity index (χ3v) is 5.05. The monoisotopic (exact) mass is 576 g/mol. The van der Waals surface area contributed by atoms with Gasteiger partial charge in [-0.25, -0.2) is 4.18 Å². The van der Waals surface area contributed by atoms with Crippen molar-refractivity contribution in [2.24, 2.45) is 0 Å². The van der Waals surface area contributed by atoms with Gasteiger partial charge in [0.15, 0.2) is 0 Å². The van der Waals surface area contributed by atoms with Crippen LogP contribution < -0.4 is 88.7 Å². The standard InChI is InChI=1S/C12H25.C10H22O4S.3Na.H2O4S.2H/c1-3-5-7-9-11-12-10-8-6-4-2;1-2-3-4-5-6-7-8-9-10-14-15(11,12)13;;;;1-5(2,3)4;;/h1,3-12H2,2H3;2-10H2,1H3,(H,11,12,13);;;;(H2,1,2,3,4);;/q-1;;3*+1;;2*-1. The minimum absolute atomic E-state index is 0. The SMILES string of the molecule is CCCCCCCCCCOS(=O)(=O)O.O=S(=O)(O)O.[CH2-]CCCCCCCCCCC.[H-].[H-].[Na+].[Na+].[Na+]. The largest absolute Gasteiger partial charge is 1.00 e. The average molecular weight is 577 g/mol. The Bertz CT molecular complexity index is 556. The molecular weight excluding hydrogens is 525 g/mol. The van der Waals surface area contributed by atoms with Crippen molar-refractivity contribution in [2.45, 2.75) is 129 Å². The fraction of sp³-hybridized carbons (Fsp3) is 0.955. The first kappa shape index (κ1) is 50.6. The summed E-state index contributed by atoms with van der Waals surface area (Å²) in [5.74, 6) is 0. The van der Waals surface area contributed by atoms with Gasteiger partial charge in [-0.2, -0.15) is 23.3 Å². The zero-order valence-corrected chi connectivity index (χ0v) is 31.0. The Hall–Kier alpha value is 2.74. The summed E-state index contributed by atoms with van der Waals surface area (Å²) in [6.07, 6.45) is 22.9. The molecule has 0 aliphatic carbocycles. The zero-order chi connectivity index (χ0) is 25.1. The van der Waals surface area contributed by atoms with Crippen LogP contribution in [0.5, 0.6) is 0 Å². The van der Waals surface area contributed by atoms with E-state index in [0.29, 0.717) is 6.42 Å². The Balaban J connectivity index is -0.0000000581. The van der Waals surface area contributed by atoms with Gasteiger partial charge in [-0.1, -0.05) is 117 Å². The van der Waals surface area contributed by atoms with Crippen molar-refractivity contribution in [1.82, 2.24) is 0 Å². The van der Waals surface area contributed by atoms with Gasteiger partial charge in [0.1, 0.15) is 0 Å². The second kappa shape index (κ2) is 38.9. The van der Waals surface area contributed by atoms with Gasteiger partial charge in [-0.05, 0) is 6.42 Å². The molecule has 0 saturated carbocycles. The summed E-state index contributed by atoms with van der Waals surface area (Å²) in [4.78, 5) is 0. The molecule has 202 valence electrons. The van der Waals surface area contributed by atoms with E-state index in [1.54, 1.807) is 0 Å². The van der Waals surface area contributed by atoms with Crippen LogP contribution in [0.3, 0.4) is 0 Å². The fourth-order valence-corrected chi connectivity index (χ4v) is 3.22. The zero-order valence-electron chi connectivity index (χ0n) is 25.3. The van der Waals surface area contributed by atoms with Gasteiger partial charge in [0.05, 0.1) is 6.61 Å². The summed E-state index contributed by atoms with van der Waals surface area (Å²) >= 11 is 0. The molecule has 0 aliphatic rings. The predicted molar refractivity (Wildman–Crippen MR) is 134 cm³/mol. The Morgan fingerprint density at radius 1 is 0.571 bits per heavy atom. The molecule has 0 radical (unpaired) electrons. The molecule has 8 nitrogen and oxygen atoms in total. The third kappa shape index (κ3) is 78.7. The molecule has 0 atom stereocenters.